The third-order valence-electron chi connectivity index (χ3n) is 9.23. The highest BCUT2D eigenvalue weighted by molar-refractivity contribution is 8.03. The number of rotatable bonds is 10. The van der Waals surface area contributed by atoms with Crippen LogP contribution in [-0.2, 0) is 40.5 Å². The standard InChI is InChI=1S/C29H37FN2O7S.C6H6O3S/c1-16-24-23(17(2)33)27(34)32(24)25(28(35)37-18(3)38-29(36)39-21-7-5-4-6-8-21)26(16)40-22-14-31(15-22)13-19-9-11-20(30)12-10-19;7-10(8,9)6-4-2-1-3-5-6/h9-12,16-18,21-24,33H,4-8,13-15H2,1-3H3;1-5H,(H,7,8,9)/t16-,17-,18?,23-,24-;/m1./s1. The van der Waals surface area contributed by atoms with Gasteiger partial charge in [0.05, 0.1) is 23.0 Å². The third-order valence-corrected chi connectivity index (χ3v) is 11.5. The molecule has 0 bridgehead atoms. The second-order valence-corrected chi connectivity index (χ2v) is 15.8. The summed E-state index contributed by atoms with van der Waals surface area (Å²) in [4.78, 5) is 43.0. The van der Waals surface area contributed by atoms with Gasteiger partial charge in [0.15, 0.2) is 0 Å². The fourth-order valence-corrected chi connectivity index (χ4v) is 8.81. The number of fused-ring (bicyclic) bond motifs is 1. The van der Waals surface area contributed by atoms with Crippen molar-refractivity contribution in [3.05, 3.63) is 76.6 Å². The van der Waals surface area contributed by atoms with Gasteiger partial charge in [-0.3, -0.25) is 14.2 Å². The molecular formula is C35H43FN2O10S2. The average Bonchev–Trinajstić information content (AvgIpc) is 3.28. The second kappa shape index (κ2) is 16.2. The number of benzene rings is 2. The number of esters is 1. The van der Waals surface area contributed by atoms with Gasteiger partial charge in [-0.25, -0.2) is 14.0 Å². The summed E-state index contributed by atoms with van der Waals surface area (Å²) >= 11 is 1.55. The zero-order valence-electron chi connectivity index (χ0n) is 28.1. The third kappa shape index (κ3) is 9.04. The van der Waals surface area contributed by atoms with Crippen molar-refractivity contribution in [2.45, 2.75) is 94.1 Å². The summed E-state index contributed by atoms with van der Waals surface area (Å²) in [6.07, 6.45) is 1.60. The molecule has 2 saturated heterocycles. The van der Waals surface area contributed by atoms with Crippen LogP contribution < -0.4 is 0 Å². The van der Waals surface area contributed by atoms with Gasteiger partial charge >= 0.3 is 12.1 Å². The highest BCUT2D eigenvalue weighted by Gasteiger charge is 2.60. The molecule has 12 nitrogen and oxygen atoms in total. The number of likely N-dealkylation sites (tertiary alicyclic amines) is 1. The molecular weight excluding hydrogens is 692 g/mol. The molecule has 3 fully saturated rings. The zero-order valence-corrected chi connectivity index (χ0v) is 29.8. The normalized spacial score (nSPS) is 23.8. The van der Waals surface area contributed by atoms with Crippen LogP contribution in [0.2, 0.25) is 0 Å². The maximum absolute atomic E-state index is 13.4. The first-order valence-corrected chi connectivity index (χ1v) is 19.0. The molecule has 2 aromatic rings. The minimum atomic E-state index is -4.00. The molecule has 1 unspecified atom stereocenters. The quantitative estimate of drug-likeness (QED) is 0.144. The molecule has 3 aliphatic heterocycles. The molecule has 5 atom stereocenters. The summed E-state index contributed by atoms with van der Waals surface area (Å²) in [6, 6.07) is 13.5. The van der Waals surface area contributed by atoms with Crippen molar-refractivity contribution in [1.29, 1.82) is 0 Å². The number of halogens is 1. The number of β-lactam (4-membered cyclic amide) rings is 1. The van der Waals surface area contributed by atoms with E-state index in [-0.39, 0.29) is 45.6 Å². The number of carbonyl (C=O) groups excluding carboxylic acids is 3. The van der Waals surface area contributed by atoms with Crippen LogP contribution in [0.5, 0.6) is 0 Å². The fraction of sp³-hybridized carbons (Fsp3) is 0.514. The van der Waals surface area contributed by atoms with Crippen LogP contribution in [0.25, 0.3) is 0 Å². The molecule has 4 aliphatic rings. The minimum Gasteiger partial charge on any atom is -0.431 e. The summed E-state index contributed by atoms with van der Waals surface area (Å²) in [5.74, 6) is -2.08. The van der Waals surface area contributed by atoms with E-state index >= 15 is 0 Å². The summed E-state index contributed by atoms with van der Waals surface area (Å²) in [7, 11) is -4.00. The highest BCUT2D eigenvalue weighted by atomic mass is 32.2. The largest absolute Gasteiger partial charge is 0.511 e. The number of carbonyl (C=O) groups is 3. The van der Waals surface area contributed by atoms with Gasteiger partial charge in [0.2, 0.25) is 12.2 Å². The maximum Gasteiger partial charge on any atom is 0.511 e. The molecule has 15 heteroatoms. The summed E-state index contributed by atoms with van der Waals surface area (Å²) in [6.45, 7) is 7.22. The van der Waals surface area contributed by atoms with E-state index in [1.807, 2.05) is 6.92 Å². The van der Waals surface area contributed by atoms with Crippen LogP contribution in [0, 0.1) is 17.7 Å². The Hall–Kier alpha value is -3.50. The predicted octanol–water partition coefficient (Wildman–Crippen LogP) is 5.12. The summed E-state index contributed by atoms with van der Waals surface area (Å²) < 4.78 is 58.5. The van der Waals surface area contributed by atoms with Gasteiger partial charge in [-0.05, 0) is 62.4 Å². The molecule has 50 heavy (non-hydrogen) atoms. The Balaban J connectivity index is 0.000000418. The molecule has 0 spiro atoms. The monoisotopic (exact) mass is 734 g/mol. The van der Waals surface area contributed by atoms with Gasteiger partial charge in [-0.2, -0.15) is 8.42 Å². The van der Waals surface area contributed by atoms with Gasteiger partial charge in [0, 0.05) is 42.6 Å². The van der Waals surface area contributed by atoms with Gasteiger partial charge in [0.25, 0.3) is 10.1 Å². The number of aliphatic hydroxyl groups is 1. The van der Waals surface area contributed by atoms with Crippen molar-refractivity contribution in [2.24, 2.45) is 11.8 Å². The van der Waals surface area contributed by atoms with Crippen molar-refractivity contribution in [3.8, 4) is 0 Å². The number of thioether (sulfide) groups is 1. The average molecular weight is 735 g/mol. The van der Waals surface area contributed by atoms with E-state index in [0.29, 0.717) is 6.54 Å². The Kier molecular flexibility index (Phi) is 12.3. The van der Waals surface area contributed by atoms with Crippen molar-refractivity contribution in [2.75, 3.05) is 13.1 Å². The van der Waals surface area contributed by atoms with Gasteiger partial charge in [-0.1, -0.05) is 43.7 Å². The van der Waals surface area contributed by atoms with E-state index in [0.717, 1.165) is 55.7 Å². The summed E-state index contributed by atoms with van der Waals surface area (Å²) in [5.41, 5.74) is 1.19. The van der Waals surface area contributed by atoms with E-state index < -0.39 is 40.6 Å². The molecule has 1 saturated carbocycles. The molecule has 2 aromatic carbocycles. The summed E-state index contributed by atoms with van der Waals surface area (Å²) in [5, 5.41) is 10.4. The van der Waals surface area contributed by atoms with Crippen molar-refractivity contribution < 1.29 is 51.1 Å². The van der Waals surface area contributed by atoms with Gasteiger partial charge < -0.3 is 24.2 Å². The lowest BCUT2D eigenvalue weighted by molar-refractivity contribution is -0.174. The number of ether oxygens (including phenoxy) is 3. The van der Waals surface area contributed by atoms with E-state index in [2.05, 4.69) is 4.90 Å². The maximum atomic E-state index is 13.4. The highest BCUT2D eigenvalue weighted by Crippen LogP contribution is 2.52. The lowest BCUT2D eigenvalue weighted by Gasteiger charge is -2.46. The zero-order chi connectivity index (χ0) is 36.2. The SMILES string of the molecule is CC(OC(=O)OC1CCCCC1)OC(=O)C1=C(SC2CN(Cc3ccc(F)cc3)C2)[C@H](C)[C@@H]2[C@@H]([C@@H](C)O)C(=O)N12.O=S(=O)(O)c1ccccc1. The van der Waals surface area contributed by atoms with E-state index in [4.69, 9.17) is 18.8 Å². The van der Waals surface area contributed by atoms with Crippen LogP contribution in [-0.4, -0.2) is 88.8 Å². The molecule has 0 aromatic heterocycles. The first-order valence-electron chi connectivity index (χ1n) is 16.7. The molecule has 272 valence electrons. The number of hydrogen-bond acceptors (Lipinski definition) is 11. The Morgan fingerprint density at radius 2 is 1.64 bits per heavy atom. The molecule has 1 aliphatic carbocycles. The molecule has 6 rings (SSSR count). The predicted molar refractivity (Wildman–Crippen MR) is 181 cm³/mol. The molecule has 3 heterocycles. The lowest BCUT2D eigenvalue weighted by atomic mass is 9.79. The Morgan fingerprint density at radius 1 is 1.00 bits per heavy atom. The Labute approximate surface area is 295 Å². The van der Waals surface area contributed by atoms with Gasteiger partial charge in [-0.15, -0.1) is 11.8 Å². The molecule has 1 amide bonds. The van der Waals surface area contributed by atoms with Crippen molar-refractivity contribution in [1.82, 2.24) is 9.80 Å². The van der Waals surface area contributed by atoms with Gasteiger partial charge in [0.1, 0.15) is 17.6 Å². The second-order valence-electron chi connectivity index (χ2n) is 13.0. The van der Waals surface area contributed by atoms with E-state index in [1.54, 1.807) is 49.0 Å². The number of aliphatic hydroxyl groups excluding tert-OH is 1. The van der Waals surface area contributed by atoms with E-state index in [9.17, 15) is 32.3 Å². The number of nitrogens with zero attached hydrogens (tertiary/aromatic N) is 2. The minimum absolute atomic E-state index is 0.0741. The fourth-order valence-electron chi connectivity index (χ4n) is 6.73. The van der Waals surface area contributed by atoms with Crippen molar-refractivity contribution in [3.63, 3.8) is 0 Å². The smallest absolute Gasteiger partial charge is 0.431 e. The van der Waals surface area contributed by atoms with Crippen LogP contribution in [0.15, 0.2) is 70.1 Å². The molecule has 2 N–H and O–H groups in total. The van der Waals surface area contributed by atoms with Crippen molar-refractivity contribution >= 4 is 39.9 Å². The first kappa shape index (κ1) is 37.7. The van der Waals surface area contributed by atoms with Crippen LogP contribution in [0.4, 0.5) is 9.18 Å². The van der Waals surface area contributed by atoms with Crippen LogP contribution in [0.1, 0.15) is 58.4 Å². The Bertz CT molecular complexity index is 1660. The molecule has 0 radical (unpaired) electrons. The van der Waals surface area contributed by atoms with E-state index in [1.165, 1.54) is 36.1 Å². The number of amides is 1. The van der Waals surface area contributed by atoms with Crippen LogP contribution >= 0.6 is 11.8 Å². The Morgan fingerprint density at radius 3 is 2.22 bits per heavy atom. The van der Waals surface area contributed by atoms with Crippen LogP contribution in [0.3, 0.4) is 0 Å². The first-order chi connectivity index (χ1) is 23.7. The topological polar surface area (TPSA) is 160 Å². The number of hydrogen-bond donors (Lipinski definition) is 2. The lowest BCUT2D eigenvalue weighted by Crippen LogP contribution is -2.63.